The van der Waals surface area contributed by atoms with Crippen LogP contribution in [-0.2, 0) is 0 Å². The first-order valence-electron chi connectivity index (χ1n) is 7.43. The second-order valence-electron chi connectivity index (χ2n) is 5.57. The van der Waals surface area contributed by atoms with Crippen molar-refractivity contribution < 1.29 is 13.5 Å². The maximum Gasteiger partial charge on any atom is 0.387 e. The third-order valence-electron chi connectivity index (χ3n) is 4.06. The topological polar surface area (TPSA) is 21.3 Å². The lowest BCUT2D eigenvalue weighted by molar-refractivity contribution is -0.0499. The fourth-order valence-electron chi connectivity index (χ4n) is 2.88. The molecule has 1 fully saturated rings. The van der Waals surface area contributed by atoms with Gasteiger partial charge in [0, 0.05) is 6.04 Å². The minimum atomic E-state index is -2.77. The highest BCUT2D eigenvalue weighted by Crippen LogP contribution is 2.27. The Morgan fingerprint density at radius 2 is 2.05 bits per heavy atom. The van der Waals surface area contributed by atoms with E-state index in [9.17, 15) is 8.78 Å². The van der Waals surface area contributed by atoms with Crippen LogP contribution in [0, 0.1) is 5.92 Å². The first-order chi connectivity index (χ1) is 9.65. The fourth-order valence-corrected chi connectivity index (χ4v) is 2.88. The second kappa shape index (κ2) is 7.58. The lowest BCUT2D eigenvalue weighted by Crippen LogP contribution is -2.21. The molecule has 0 amide bonds. The quantitative estimate of drug-likeness (QED) is 0.794. The Hall–Kier alpha value is -1.16. The molecule has 1 aromatic carbocycles. The van der Waals surface area contributed by atoms with Gasteiger partial charge in [-0.1, -0.05) is 37.8 Å². The van der Waals surface area contributed by atoms with Crippen molar-refractivity contribution in [1.29, 1.82) is 0 Å². The summed E-state index contributed by atoms with van der Waals surface area (Å²) in [5.41, 5.74) is 0.981. The molecule has 0 aliphatic heterocycles. The van der Waals surface area contributed by atoms with E-state index in [0.717, 1.165) is 18.0 Å². The number of alkyl halides is 2. The summed E-state index contributed by atoms with van der Waals surface area (Å²) >= 11 is 0. The van der Waals surface area contributed by atoms with E-state index in [1.54, 1.807) is 18.2 Å². The van der Waals surface area contributed by atoms with Crippen molar-refractivity contribution >= 4 is 0 Å². The van der Waals surface area contributed by atoms with E-state index in [4.69, 9.17) is 0 Å². The zero-order chi connectivity index (χ0) is 14.4. The van der Waals surface area contributed by atoms with Gasteiger partial charge >= 0.3 is 6.61 Å². The lowest BCUT2D eigenvalue weighted by atomic mass is 10.0. The van der Waals surface area contributed by atoms with Crippen LogP contribution in [0.25, 0.3) is 0 Å². The molecule has 0 spiro atoms. The standard InChI is InChI=1S/C16H23F2NO/c1-12(19-10-9-13-5-2-3-6-13)14-7-4-8-15(11-14)20-16(17)18/h4,7-8,11-13,16,19H,2-3,5-6,9-10H2,1H3. The number of hydrogen-bond acceptors (Lipinski definition) is 2. The van der Waals surface area contributed by atoms with Crippen LogP contribution >= 0.6 is 0 Å². The summed E-state index contributed by atoms with van der Waals surface area (Å²) in [5, 5.41) is 3.46. The summed E-state index contributed by atoms with van der Waals surface area (Å²) in [6, 6.07) is 7.08. The van der Waals surface area contributed by atoms with Crippen molar-refractivity contribution in [3.05, 3.63) is 29.8 Å². The Morgan fingerprint density at radius 3 is 2.75 bits per heavy atom. The van der Waals surface area contributed by atoms with Crippen LogP contribution in [0.2, 0.25) is 0 Å². The van der Waals surface area contributed by atoms with Crippen LogP contribution in [0.4, 0.5) is 8.78 Å². The molecule has 1 aliphatic rings. The molecule has 0 aromatic heterocycles. The average Bonchev–Trinajstić information content (AvgIpc) is 2.91. The maximum absolute atomic E-state index is 12.2. The molecule has 20 heavy (non-hydrogen) atoms. The first kappa shape index (κ1) is 15.2. The number of benzene rings is 1. The zero-order valence-electron chi connectivity index (χ0n) is 11.9. The molecule has 0 heterocycles. The molecule has 1 N–H and O–H groups in total. The molecule has 0 radical (unpaired) electrons. The van der Waals surface area contributed by atoms with Crippen LogP contribution < -0.4 is 10.1 Å². The van der Waals surface area contributed by atoms with Gasteiger partial charge in [0.1, 0.15) is 5.75 Å². The normalized spacial score (nSPS) is 17.6. The fraction of sp³-hybridized carbons (Fsp3) is 0.625. The van der Waals surface area contributed by atoms with Crippen LogP contribution in [0.3, 0.4) is 0 Å². The van der Waals surface area contributed by atoms with E-state index in [0.29, 0.717) is 0 Å². The van der Waals surface area contributed by atoms with Crippen molar-refractivity contribution in [2.75, 3.05) is 6.54 Å². The van der Waals surface area contributed by atoms with Gasteiger partial charge < -0.3 is 10.1 Å². The number of ether oxygens (including phenoxy) is 1. The predicted molar refractivity (Wildman–Crippen MR) is 76.1 cm³/mol. The first-order valence-corrected chi connectivity index (χ1v) is 7.43. The van der Waals surface area contributed by atoms with Gasteiger partial charge in [-0.25, -0.2) is 0 Å². The minimum Gasteiger partial charge on any atom is -0.435 e. The van der Waals surface area contributed by atoms with Gasteiger partial charge in [0.15, 0.2) is 0 Å². The average molecular weight is 283 g/mol. The smallest absolute Gasteiger partial charge is 0.387 e. The Balaban J connectivity index is 1.80. The van der Waals surface area contributed by atoms with Gasteiger partial charge in [-0.05, 0) is 43.5 Å². The van der Waals surface area contributed by atoms with E-state index in [-0.39, 0.29) is 11.8 Å². The van der Waals surface area contributed by atoms with Gasteiger partial charge in [0.25, 0.3) is 0 Å². The van der Waals surface area contributed by atoms with Crippen molar-refractivity contribution in [3.63, 3.8) is 0 Å². The van der Waals surface area contributed by atoms with Crippen molar-refractivity contribution in [2.45, 2.75) is 51.7 Å². The van der Waals surface area contributed by atoms with Crippen LogP contribution in [0.5, 0.6) is 5.75 Å². The Kier molecular flexibility index (Phi) is 5.77. The Bertz CT molecular complexity index is 405. The molecule has 112 valence electrons. The van der Waals surface area contributed by atoms with Crippen molar-refractivity contribution in [2.24, 2.45) is 5.92 Å². The molecule has 1 atom stereocenters. The molecule has 0 bridgehead atoms. The second-order valence-corrected chi connectivity index (χ2v) is 5.57. The molecule has 4 heteroatoms. The number of nitrogens with one attached hydrogen (secondary N) is 1. The van der Waals surface area contributed by atoms with Gasteiger partial charge in [-0.2, -0.15) is 8.78 Å². The minimum absolute atomic E-state index is 0.151. The number of hydrogen-bond donors (Lipinski definition) is 1. The number of halogens is 2. The maximum atomic E-state index is 12.2. The van der Waals surface area contributed by atoms with Crippen molar-refractivity contribution in [3.8, 4) is 5.75 Å². The van der Waals surface area contributed by atoms with Gasteiger partial charge in [0.2, 0.25) is 0 Å². The highest BCUT2D eigenvalue weighted by atomic mass is 19.3. The Morgan fingerprint density at radius 1 is 1.30 bits per heavy atom. The van der Waals surface area contributed by atoms with Crippen molar-refractivity contribution in [1.82, 2.24) is 5.32 Å². The molecular formula is C16H23F2NO. The summed E-state index contributed by atoms with van der Waals surface area (Å²) in [6.45, 7) is 0.262. The third-order valence-corrected chi connectivity index (χ3v) is 4.06. The summed E-state index contributed by atoms with van der Waals surface area (Å²) in [4.78, 5) is 0. The highest BCUT2D eigenvalue weighted by Gasteiger charge is 2.15. The summed E-state index contributed by atoms with van der Waals surface area (Å²) in [6.07, 6.45) is 6.65. The SMILES string of the molecule is CC(NCCC1CCCC1)c1cccc(OC(F)F)c1. The van der Waals surface area contributed by atoms with E-state index >= 15 is 0 Å². The van der Waals surface area contributed by atoms with Crippen LogP contribution in [-0.4, -0.2) is 13.2 Å². The van der Waals surface area contributed by atoms with E-state index in [2.05, 4.69) is 17.0 Å². The van der Waals surface area contributed by atoms with E-state index in [1.165, 1.54) is 32.1 Å². The zero-order valence-corrected chi connectivity index (χ0v) is 11.9. The van der Waals surface area contributed by atoms with Gasteiger partial charge in [-0.3, -0.25) is 0 Å². The lowest BCUT2D eigenvalue weighted by Gasteiger charge is -2.17. The highest BCUT2D eigenvalue weighted by molar-refractivity contribution is 5.30. The molecule has 2 nitrogen and oxygen atoms in total. The molecule has 1 aromatic rings. The third kappa shape index (κ3) is 4.75. The molecular weight excluding hydrogens is 260 g/mol. The Labute approximate surface area is 119 Å². The number of rotatable bonds is 7. The van der Waals surface area contributed by atoms with Crippen LogP contribution in [0.15, 0.2) is 24.3 Å². The van der Waals surface area contributed by atoms with Gasteiger partial charge in [-0.15, -0.1) is 0 Å². The van der Waals surface area contributed by atoms with Gasteiger partial charge in [0.05, 0.1) is 0 Å². The molecule has 0 saturated heterocycles. The van der Waals surface area contributed by atoms with E-state index in [1.807, 2.05) is 6.07 Å². The molecule has 1 unspecified atom stereocenters. The summed E-state index contributed by atoms with van der Waals surface area (Å²) in [7, 11) is 0. The molecule has 2 rings (SSSR count). The van der Waals surface area contributed by atoms with E-state index < -0.39 is 6.61 Å². The monoisotopic (exact) mass is 283 g/mol. The molecule has 1 saturated carbocycles. The predicted octanol–water partition coefficient (Wildman–Crippen LogP) is 4.52. The van der Waals surface area contributed by atoms with Crippen LogP contribution in [0.1, 0.15) is 50.6 Å². The molecule has 1 aliphatic carbocycles. The summed E-state index contributed by atoms with van der Waals surface area (Å²) in [5.74, 6) is 1.09. The summed E-state index contributed by atoms with van der Waals surface area (Å²) < 4.78 is 28.8. The largest absolute Gasteiger partial charge is 0.435 e.